The zero-order chi connectivity index (χ0) is 17.4. The van der Waals surface area contributed by atoms with Crippen molar-refractivity contribution in [3.63, 3.8) is 0 Å². The lowest BCUT2D eigenvalue weighted by Gasteiger charge is -2.05. The minimum atomic E-state index is -0.201. The van der Waals surface area contributed by atoms with Gasteiger partial charge < -0.3 is 19.7 Å². The molecule has 5 nitrogen and oxygen atoms in total. The number of imidazole rings is 1. The number of rotatable bonds is 4. The lowest BCUT2D eigenvalue weighted by Crippen LogP contribution is -1.99. The number of nitrogens with one attached hydrogen (secondary N) is 3. The zero-order valence-electron chi connectivity index (χ0n) is 13.5. The van der Waals surface area contributed by atoms with Gasteiger partial charge >= 0.3 is 5.69 Å². The third-order valence-corrected chi connectivity index (χ3v) is 4.59. The number of H-pyrrole nitrogens is 2. The van der Waals surface area contributed by atoms with E-state index in [1.54, 1.807) is 0 Å². The second-order valence-electron chi connectivity index (χ2n) is 5.92. The molecule has 0 aliphatic heterocycles. The zero-order valence-corrected chi connectivity index (χ0v) is 15.1. The van der Waals surface area contributed by atoms with E-state index in [2.05, 4.69) is 44.2 Å². The van der Waals surface area contributed by atoms with Gasteiger partial charge in [-0.2, -0.15) is 0 Å². The van der Waals surface area contributed by atoms with Gasteiger partial charge in [0.05, 0.1) is 17.6 Å². The van der Waals surface area contributed by atoms with Crippen LogP contribution in [0.25, 0.3) is 22.4 Å². The van der Waals surface area contributed by atoms with Crippen molar-refractivity contribution in [1.82, 2.24) is 9.97 Å². The molecule has 0 aliphatic rings. The number of fused-ring (bicyclic) bond motifs is 1. The molecule has 0 saturated carbocycles. The van der Waals surface area contributed by atoms with E-state index in [4.69, 9.17) is 4.42 Å². The first-order valence-electron chi connectivity index (χ1n) is 7.90. The van der Waals surface area contributed by atoms with Crippen molar-refractivity contribution >= 4 is 32.7 Å². The van der Waals surface area contributed by atoms with Gasteiger partial charge in [-0.25, -0.2) is 4.79 Å². The number of furan rings is 1. The van der Waals surface area contributed by atoms with E-state index >= 15 is 0 Å². The standard InChI is InChI=1S/C19H16BrN3O2/c1-11-8-12(20)2-5-15(11)18-7-4-14(25-18)10-21-13-3-6-16-17(9-13)23-19(24)22-16/h2-9,21H,10H2,1H3,(H2,22,23,24). The van der Waals surface area contributed by atoms with Crippen molar-refractivity contribution in [1.29, 1.82) is 0 Å². The molecule has 0 spiro atoms. The van der Waals surface area contributed by atoms with Gasteiger partial charge in [0.25, 0.3) is 0 Å². The van der Waals surface area contributed by atoms with Crippen molar-refractivity contribution in [3.05, 3.63) is 74.8 Å². The largest absolute Gasteiger partial charge is 0.459 e. The summed E-state index contributed by atoms with van der Waals surface area (Å²) in [5.41, 5.74) is 4.53. The first kappa shape index (κ1) is 15.8. The van der Waals surface area contributed by atoms with Gasteiger partial charge in [-0.05, 0) is 61.0 Å². The van der Waals surface area contributed by atoms with Crippen molar-refractivity contribution in [2.45, 2.75) is 13.5 Å². The monoisotopic (exact) mass is 397 g/mol. The Morgan fingerprint density at radius 1 is 1.04 bits per heavy atom. The summed E-state index contributed by atoms with van der Waals surface area (Å²) < 4.78 is 7.02. The molecule has 0 amide bonds. The van der Waals surface area contributed by atoms with Crippen LogP contribution in [0.2, 0.25) is 0 Å². The smallest absolute Gasteiger partial charge is 0.323 e. The molecule has 25 heavy (non-hydrogen) atoms. The van der Waals surface area contributed by atoms with Gasteiger partial charge in [-0.3, -0.25) is 0 Å². The molecule has 0 bridgehead atoms. The third kappa shape index (κ3) is 3.25. The Bertz CT molecular complexity index is 1110. The van der Waals surface area contributed by atoms with Gasteiger partial charge in [0.2, 0.25) is 0 Å². The molecular weight excluding hydrogens is 382 g/mol. The summed E-state index contributed by atoms with van der Waals surface area (Å²) in [6.45, 7) is 2.63. The van der Waals surface area contributed by atoms with Crippen molar-refractivity contribution in [3.8, 4) is 11.3 Å². The molecule has 2 aromatic heterocycles. The van der Waals surface area contributed by atoms with E-state index in [1.165, 1.54) is 0 Å². The summed E-state index contributed by atoms with van der Waals surface area (Å²) in [6, 6.07) is 15.8. The van der Waals surface area contributed by atoms with E-state index in [1.807, 2.05) is 42.5 Å². The average molecular weight is 398 g/mol. The quantitative estimate of drug-likeness (QED) is 0.462. The second kappa shape index (κ2) is 6.29. The van der Waals surface area contributed by atoms with E-state index in [-0.39, 0.29) is 5.69 Å². The number of hydrogen-bond acceptors (Lipinski definition) is 3. The average Bonchev–Trinajstić information content (AvgIpc) is 3.18. The number of halogens is 1. The highest BCUT2D eigenvalue weighted by Crippen LogP contribution is 2.28. The fourth-order valence-corrected chi connectivity index (χ4v) is 3.33. The van der Waals surface area contributed by atoms with Crippen LogP contribution in [-0.2, 0) is 6.54 Å². The third-order valence-electron chi connectivity index (χ3n) is 4.10. The Balaban J connectivity index is 1.51. The molecule has 0 aliphatic carbocycles. The molecule has 0 fully saturated rings. The van der Waals surface area contributed by atoms with Crippen LogP contribution in [0, 0.1) is 6.92 Å². The summed E-state index contributed by atoms with van der Waals surface area (Å²) in [5, 5.41) is 3.31. The maximum absolute atomic E-state index is 11.3. The highest BCUT2D eigenvalue weighted by molar-refractivity contribution is 9.10. The highest BCUT2D eigenvalue weighted by Gasteiger charge is 2.08. The van der Waals surface area contributed by atoms with Crippen LogP contribution in [0.15, 0.2) is 62.2 Å². The Morgan fingerprint density at radius 3 is 2.72 bits per heavy atom. The summed E-state index contributed by atoms with van der Waals surface area (Å²) in [7, 11) is 0. The first-order valence-corrected chi connectivity index (χ1v) is 8.69. The first-order chi connectivity index (χ1) is 12.1. The molecule has 4 aromatic rings. The number of hydrogen-bond donors (Lipinski definition) is 3. The van der Waals surface area contributed by atoms with Crippen molar-refractivity contribution < 1.29 is 4.42 Å². The van der Waals surface area contributed by atoms with Crippen LogP contribution >= 0.6 is 15.9 Å². The maximum atomic E-state index is 11.3. The lowest BCUT2D eigenvalue weighted by molar-refractivity contribution is 0.531. The number of benzene rings is 2. The van der Waals surface area contributed by atoms with Crippen LogP contribution < -0.4 is 11.0 Å². The predicted octanol–water partition coefficient (Wildman–Crippen LogP) is 4.80. The van der Waals surface area contributed by atoms with Crippen LogP contribution in [0.4, 0.5) is 5.69 Å². The molecular formula is C19H16BrN3O2. The van der Waals surface area contributed by atoms with E-state index in [0.717, 1.165) is 43.8 Å². The molecule has 0 atom stereocenters. The molecule has 0 unspecified atom stereocenters. The second-order valence-corrected chi connectivity index (χ2v) is 6.83. The summed E-state index contributed by atoms with van der Waals surface area (Å²) in [6.07, 6.45) is 0. The fourth-order valence-electron chi connectivity index (χ4n) is 2.85. The number of aromatic nitrogens is 2. The normalized spacial score (nSPS) is 11.1. The Hall–Kier alpha value is -2.73. The summed E-state index contributed by atoms with van der Waals surface area (Å²) in [5.74, 6) is 1.70. The summed E-state index contributed by atoms with van der Waals surface area (Å²) in [4.78, 5) is 16.8. The highest BCUT2D eigenvalue weighted by atomic mass is 79.9. The van der Waals surface area contributed by atoms with Crippen LogP contribution in [-0.4, -0.2) is 9.97 Å². The van der Waals surface area contributed by atoms with Gasteiger partial charge in [-0.15, -0.1) is 0 Å². The fraction of sp³-hybridized carbons (Fsp3) is 0.105. The van der Waals surface area contributed by atoms with Crippen molar-refractivity contribution in [2.75, 3.05) is 5.32 Å². The Kier molecular flexibility index (Phi) is 3.97. The Labute approximate surface area is 152 Å². The summed E-state index contributed by atoms with van der Waals surface area (Å²) >= 11 is 3.48. The minimum absolute atomic E-state index is 0.201. The van der Waals surface area contributed by atoms with Crippen LogP contribution in [0.5, 0.6) is 0 Å². The SMILES string of the molecule is Cc1cc(Br)ccc1-c1ccc(CNc2ccc3[nH]c(=O)[nH]c3c2)o1. The topological polar surface area (TPSA) is 73.8 Å². The molecule has 4 rings (SSSR count). The van der Waals surface area contributed by atoms with Gasteiger partial charge in [0.1, 0.15) is 11.5 Å². The van der Waals surface area contributed by atoms with Gasteiger partial charge in [-0.1, -0.05) is 15.9 Å². The van der Waals surface area contributed by atoms with E-state index < -0.39 is 0 Å². The number of aromatic amines is 2. The number of aryl methyl sites for hydroxylation is 1. The molecule has 0 radical (unpaired) electrons. The molecule has 0 saturated heterocycles. The Morgan fingerprint density at radius 2 is 1.88 bits per heavy atom. The van der Waals surface area contributed by atoms with Crippen LogP contribution in [0.1, 0.15) is 11.3 Å². The van der Waals surface area contributed by atoms with E-state index in [9.17, 15) is 4.79 Å². The minimum Gasteiger partial charge on any atom is -0.459 e. The predicted molar refractivity (Wildman–Crippen MR) is 103 cm³/mol. The molecule has 2 heterocycles. The molecule has 2 aromatic carbocycles. The van der Waals surface area contributed by atoms with Gasteiger partial charge in [0, 0.05) is 15.7 Å². The maximum Gasteiger partial charge on any atom is 0.323 e. The lowest BCUT2D eigenvalue weighted by atomic mass is 10.1. The van der Waals surface area contributed by atoms with Crippen LogP contribution in [0.3, 0.4) is 0 Å². The molecule has 3 N–H and O–H groups in total. The number of anilines is 1. The molecule has 6 heteroatoms. The van der Waals surface area contributed by atoms with E-state index in [0.29, 0.717) is 6.54 Å². The molecule has 126 valence electrons. The van der Waals surface area contributed by atoms with Crippen molar-refractivity contribution in [2.24, 2.45) is 0 Å². The van der Waals surface area contributed by atoms with Gasteiger partial charge in [0.15, 0.2) is 0 Å².